The first kappa shape index (κ1) is 18.6. The van der Waals surface area contributed by atoms with E-state index < -0.39 is 30.2 Å². The Bertz CT molecular complexity index is 675. The largest absolute Gasteiger partial charge is 0.406 e. The summed E-state index contributed by atoms with van der Waals surface area (Å²) in [6, 6.07) is -0.483. The molecule has 1 saturated carbocycles. The Balaban J connectivity index is 2.07. The number of hydrogen-bond donors (Lipinski definition) is 1. The summed E-state index contributed by atoms with van der Waals surface area (Å²) in [5.41, 5.74) is -0.479. The summed E-state index contributed by atoms with van der Waals surface area (Å²) in [6.07, 6.45) is -2.83. The van der Waals surface area contributed by atoms with Crippen molar-refractivity contribution in [3.05, 3.63) is 16.0 Å². The van der Waals surface area contributed by atoms with Gasteiger partial charge in [-0.15, -0.1) is 10.2 Å². The summed E-state index contributed by atoms with van der Waals surface area (Å²) in [7, 11) is 0. The van der Waals surface area contributed by atoms with E-state index in [0.29, 0.717) is 0 Å². The summed E-state index contributed by atoms with van der Waals surface area (Å²) in [5.74, 6) is 4.67. The van der Waals surface area contributed by atoms with E-state index in [1.807, 2.05) is 0 Å². The lowest BCUT2D eigenvalue weighted by Crippen LogP contribution is -2.46. The first-order valence-electron chi connectivity index (χ1n) is 7.30. The monoisotopic (exact) mass is 365 g/mol. The fourth-order valence-corrected chi connectivity index (χ4v) is 3.00. The second-order valence-electron chi connectivity index (χ2n) is 5.75. The first-order valence-corrected chi connectivity index (χ1v) is 8.29. The predicted molar refractivity (Wildman–Crippen MR) is 81.9 cm³/mol. The van der Waals surface area contributed by atoms with Gasteiger partial charge >= 0.3 is 6.18 Å². The number of rotatable bonds is 6. The Labute approximate surface area is 140 Å². The summed E-state index contributed by atoms with van der Waals surface area (Å²) in [4.78, 5) is 24.7. The maximum Gasteiger partial charge on any atom is 0.406 e. The molecule has 1 heterocycles. The molecule has 0 radical (unpaired) electrons. The minimum Gasteiger partial charge on any atom is -0.334 e. The molecule has 11 heteroatoms. The van der Waals surface area contributed by atoms with E-state index in [2.05, 4.69) is 10.2 Å². The highest BCUT2D eigenvalue weighted by Gasteiger charge is 2.40. The smallest absolute Gasteiger partial charge is 0.334 e. The zero-order chi connectivity index (χ0) is 18.1. The van der Waals surface area contributed by atoms with Gasteiger partial charge in [0.15, 0.2) is 0 Å². The van der Waals surface area contributed by atoms with Crippen molar-refractivity contribution in [1.82, 2.24) is 19.8 Å². The number of halogens is 3. The first-order chi connectivity index (χ1) is 11.1. The van der Waals surface area contributed by atoms with Gasteiger partial charge in [0.05, 0.1) is 5.75 Å². The quantitative estimate of drug-likeness (QED) is 0.596. The number of amides is 1. The molecule has 1 aliphatic rings. The lowest BCUT2D eigenvalue weighted by Gasteiger charge is -2.30. The average molecular weight is 365 g/mol. The third kappa shape index (κ3) is 4.62. The second kappa shape index (κ2) is 6.99. The molecule has 2 N–H and O–H groups in total. The maximum atomic E-state index is 12.7. The van der Waals surface area contributed by atoms with E-state index >= 15 is 0 Å². The molecule has 1 fully saturated rings. The van der Waals surface area contributed by atoms with Crippen molar-refractivity contribution < 1.29 is 18.0 Å². The highest BCUT2D eigenvalue weighted by atomic mass is 32.2. The molecule has 7 nitrogen and oxygen atoms in total. The molecular weight excluding hydrogens is 347 g/mol. The highest BCUT2D eigenvalue weighted by molar-refractivity contribution is 7.99. The van der Waals surface area contributed by atoms with Gasteiger partial charge in [-0.05, 0) is 32.6 Å². The van der Waals surface area contributed by atoms with Crippen LogP contribution in [0.1, 0.15) is 25.5 Å². The Hall–Kier alpha value is -1.78. The van der Waals surface area contributed by atoms with Crippen molar-refractivity contribution in [3.8, 4) is 0 Å². The van der Waals surface area contributed by atoms with Gasteiger partial charge in [-0.2, -0.15) is 17.8 Å². The maximum absolute atomic E-state index is 12.7. The van der Waals surface area contributed by atoms with Crippen molar-refractivity contribution in [2.45, 2.75) is 44.1 Å². The third-order valence-corrected chi connectivity index (χ3v) is 4.74. The standard InChI is InChI=1S/C13H18F3N5O2S/c1-7-11(23)21(17)12(19-18-7)24-5-10(22)20(6-13(14,15)16)8(2)9-3-4-9/h8-9H,3-6,17H2,1-2H3/t8-/m0/s1. The van der Waals surface area contributed by atoms with Crippen LogP contribution in [-0.4, -0.2) is 50.2 Å². The molecule has 0 saturated heterocycles. The van der Waals surface area contributed by atoms with Gasteiger partial charge < -0.3 is 10.7 Å². The van der Waals surface area contributed by atoms with Crippen LogP contribution in [0.25, 0.3) is 0 Å². The van der Waals surface area contributed by atoms with E-state index in [1.54, 1.807) is 6.92 Å². The van der Waals surface area contributed by atoms with Crippen LogP contribution in [0, 0.1) is 12.8 Å². The number of aromatic nitrogens is 3. The van der Waals surface area contributed by atoms with Crippen LogP contribution in [0.4, 0.5) is 13.2 Å². The lowest BCUT2D eigenvalue weighted by molar-refractivity contribution is -0.164. The zero-order valence-corrected chi connectivity index (χ0v) is 14.0. The van der Waals surface area contributed by atoms with Gasteiger partial charge in [-0.3, -0.25) is 9.59 Å². The summed E-state index contributed by atoms with van der Waals surface area (Å²) < 4.78 is 39.0. The number of nitrogen functional groups attached to an aromatic ring is 1. The minimum absolute atomic E-state index is 0.0232. The van der Waals surface area contributed by atoms with Gasteiger partial charge in [0, 0.05) is 6.04 Å². The van der Waals surface area contributed by atoms with Crippen LogP contribution in [0.5, 0.6) is 0 Å². The summed E-state index contributed by atoms with van der Waals surface area (Å²) >= 11 is 0.788. The molecule has 1 aliphatic carbocycles. The average Bonchev–Trinajstić information content (AvgIpc) is 3.32. The molecule has 0 aromatic carbocycles. The van der Waals surface area contributed by atoms with Gasteiger partial charge in [-0.1, -0.05) is 11.8 Å². The topological polar surface area (TPSA) is 94.1 Å². The number of thioether (sulfide) groups is 1. The van der Waals surface area contributed by atoms with E-state index in [-0.39, 0.29) is 22.5 Å². The molecule has 0 aliphatic heterocycles. The fraction of sp³-hybridized carbons (Fsp3) is 0.692. The fourth-order valence-electron chi connectivity index (χ4n) is 2.26. The molecular formula is C13H18F3N5O2S. The van der Waals surface area contributed by atoms with Crippen LogP contribution >= 0.6 is 11.8 Å². The number of aryl methyl sites for hydroxylation is 1. The van der Waals surface area contributed by atoms with Crippen LogP contribution in [-0.2, 0) is 4.79 Å². The molecule has 134 valence electrons. The molecule has 1 aromatic heterocycles. The van der Waals surface area contributed by atoms with E-state index in [1.165, 1.54) is 6.92 Å². The summed E-state index contributed by atoms with van der Waals surface area (Å²) in [5, 5.41) is 7.28. The molecule has 0 bridgehead atoms. The van der Waals surface area contributed by atoms with Crippen molar-refractivity contribution in [2.75, 3.05) is 18.1 Å². The molecule has 24 heavy (non-hydrogen) atoms. The highest BCUT2D eigenvalue weighted by Crippen LogP contribution is 2.36. The van der Waals surface area contributed by atoms with E-state index in [4.69, 9.17) is 5.84 Å². The molecule has 0 unspecified atom stereocenters. The van der Waals surface area contributed by atoms with Crippen molar-refractivity contribution in [1.29, 1.82) is 0 Å². The van der Waals surface area contributed by atoms with E-state index in [0.717, 1.165) is 34.2 Å². The van der Waals surface area contributed by atoms with Gasteiger partial charge in [0.1, 0.15) is 12.2 Å². The van der Waals surface area contributed by atoms with E-state index in [9.17, 15) is 22.8 Å². The van der Waals surface area contributed by atoms with Crippen molar-refractivity contribution in [3.63, 3.8) is 0 Å². The SMILES string of the molecule is Cc1nnc(SCC(=O)N(CC(F)(F)F)[C@@H](C)C2CC2)n(N)c1=O. The number of carbonyl (C=O) groups excluding carboxylic acids is 1. The zero-order valence-electron chi connectivity index (χ0n) is 13.2. The molecule has 0 spiro atoms. The van der Waals surface area contributed by atoms with Crippen LogP contribution in [0.15, 0.2) is 9.95 Å². The predicted octanol–water partition coefficient (Wildman–Crippen LogP) is 0.942. The molecule has 2 rings (SSSR count). The van der Waals surface area contributed by atoms with Crippen LogP contribution < -0.4 is 11.4 Å². The molecule has 1 aromatic rings. The number of hydrogen-bond acceptors (Lipinski definition) is 6. The van der Waals surface area contributed by atoms with Crippen molar-refractivity contribution >= 4 is 17.7 Å². The number of nitrogens with zero attached hydrogens (tertiary/aromatic N) is 4. The van der Waals surface area contributed by atoms with Crippen LogP contribution in [0.2, 0.25) is 0 Å². The Kier molecular flexibility index (Phi) is 5.41. The Morgan fingerprint density at radius 3 is 2.62 bits per heavy atom. The number of alkyl halides is 3. The van der Waals surface area contributed by atoms with Crippen molar-refractivity contribution in [2.24, 2.45) is 5.92 Å². The number of carbonyl (C=O) groups is 1. The minimum atomic E-state index is -4.47. The Morgan fingerprint density at radius 1 is 1.46 bits per heavy atom. The van der Waals surface area contributed by atoms with Gasteiger partial charge in [0.2, 0.25) is 11.1 Å². The summed E-state index contributed by atoms with van der Waals surface area (Å²) in [6.45, 7) is 1.76. The molecule has 1 amide bonds. The normalized spacial score (nSPS) is 16.0. The number of nitrogens with two attached hydrogens (primary N) is 1. The van der Waals surface area contributed by atoms with Gasteiger partial charge in [0.25, 0.3) is 5.56 Å². The van der Waals surface area contributed by atoms with Crippen LogP contribution in [0.3, 0.4) is 0 Å². The lowest BCUT2D eigenvalue weighted by atomic mass is 10.2. The van der Waals surface area contributed by atoms with Gasteiger partial charge in [-0.25, -0.2) is 0 Å². The Morgan fingerprint density at radius 2 is 2.08 bits per heavy atom. The third-order valence-electron chi connectivity index (χ3n) is 3.81. The second-order valence-corrected chi connectivity index (χ2v) is 6.69. The molecule has 1 atom stereocenters.